The van der Waals surface area contributed by atoms with Crippen molar-refractivity contribution in [3.05, 3.63) is 11.8 Å². The van der Waals surface area contributed by atoms with Crippen molar-refractivity contribution in [1.82, 2.24) is 24.9 Å². The number of piperazine rings is 1. The highest BCUT2D eigenvalue weighted by Crippen LogP contribution is 2.25. The van der Waals surface area contributed by atoms with Gasteiger partial charge in [-0.3, -0.25) is 9.69 Å². The van der Waals surface area contributed by atoms with E-state index in [1.54, 1.807) is 0 Å². The Morgan fingerprint density at radius 1 is 1.16 bits per heavy atom. The highest BCUT2D eigenvalue weighted by molar-refractivity contribution is 5.89. The number of carbonyl (C=O) groups is 1. The van der Waals surface area contributed by atoms with E-state index >= 15 is 0 Å². The molecule has 25 heavy (non-hydrogen) atoms. The van der Waals surface area contributed by atoms with E-state index in [0.717, 1.165) is 65.0 Å². The molecule has 0 N–H and O–H groups in total. The van der Waals surface area contributed by atoms with Gasteiger partial charge >= 0.3 is 11.8 Å². The van der Waals surface area contributed by atoms with Crippen LogP contribution < -0.4 is 0 Å². The molecule has 2 aliphatic rings. The first kappa shape index (κ1) is 18.3. The van der Waals surface area contributed by atoms with E-state index in [4.69, 9.17) is 4.42 Å². The van der Waals surface area contributed by atoms with Gasteiger partial charge in [0.05, 0.1) is 0 Å². The molecule has 0 bridgehead atoms. The number of carbonyl (C=O) groups excluding carboxylic acids is 1. The predicted octanol–water partition coefficient (Wildman–Crippen LogP) is 1.51. The fraction of sp³-hybridized carbons (Fsp3) is 0.833. The molecular formula is C18H31N5O2. The van der Waals surface area contributed by atoms with Gasteiger partial charge < -0.3 is 14.2 Å². The Kier molecular flexibility index (Phi) is 6.06. The quantitative estimate of drug-likeness (QED) is 0.803. The number of amides is 1. The number of hydrogen-bond donors (Lipinski definition) is 0. The molecule has 140 valence electrons. The first-order valence-electron chi connectivity index (χ1n) is 9.62. The Balaban J connectivity index is 1.50. The van der Waals surface area contributed by atoms with Crippen LogP contribution >= 0.6 is 0 Å². The zero-order valence-electron chi connectivity index (χ0n) is 15.8. The van der Waals surface area contributed by atoms with Crippen LogP contribution in [0.15, 0.2) is 4.42 Å². The summed E-state index contributed by atoms with van der Waals surface area (Å²) >= 11 is 0. The average Bonchev–Trinajstić information content (AvgIpc) is 3.10. The number of aromatic nitrogens is 2. The summed E-state index contributed by atoms with van der Waals surface area (Å²) in [4.78, 5) is 19.4. The molecule has 0 saturated carbocycles. The van der Waals surface area contributed by atoms with Crippen LogP contribution in [-0.4, -0.2) is 83.2 Å². The van der Waals surface area contributed by atoms with E-state index in [-0.39, 0.29) is 11.8 Å². The van der Waals surface area contributed by atoms with Crippen molar-refractivity contribution in [3.8, 4) is 0 Å². The van der Waals surface area contributed by atoms with Crippen molar-refractivity contribution in [2.75, 3.05) is 46.3 Å². The van der Waals surface area contributed by atoms with Crippen LogP contribution in [0.4, 0.5) is 0 Å². The molecule has 1 unspecified atom stereocenters. The SMILES string of the molecule is CCCc1nnc(C(=O)N2CCC(C(C)N3CCN(C)CC3)CC2)o1. The van der Waals surface area contributed by atoms with Crippen molar-refractivity contribution >= 4 is 5.91 Å². The van der Waals surface area contributed by atoms with Crippen LogP contribution in [0, 0.1) is 5.92 Å². The van der Waals surface area contributed by atoms with Crippen molar-refractivity contribution < 1.29 is 9.21 Å². The van der Waals surface area contributed by atoms with Gasteiger partial charge in [0.1, 0.15) is 0 Å². The summed E-state index contributed by atoms with van der Waals surface area (Å²) in [6, 6.07) is 0.588. The van der Waals surface area contributed by atoms with Crippen molar-refractivity contribution in [2.24, 2.45) is 5.92 Å². The second-order valence-corrected chi connectivity index (χ2v) is 7.46. The molecule has 1 amide bonds. The summed E-state index contributed by atoms with van der Waals surface area (Å²) in [6.45, 7) is 10.6. The number of hydrogen-bond acceptors (Lipinski definition) is 6. The zero-order valence-corrected chi connectivity index (χ0v) is 15.8. The number of likely N-dealkylation sites (tertiary alicyclic amines) is 1. The second-order valence-electron chi connectivity index (χ2n) is 7.46. The minimum atomic E-state index is -0.111. The molecule has 1 aromatic rings. The van der Waals surface area contributed by atoms with E-state index in [1.165, 1.54) is 0 Å². The van der Waals surface area contributed by atoms with Gasteiger partial charge in [0.2, 0.25) is 5.89 Å². The molecular weight excluding hydrogens is 318 g/mol. The monoisotopic (exact) mass is 349 g/mol. The highest BCUT2D eigenvalue weighted by atomic mass is 16.4. The molecule has 1 aromatic heterocycles. The summed E-state index contributed by atoms with van der Waals surface area (Å²) in [6.07, 6.45) is 3.76. The second kappa shape index (κ2) is 8.27. The van der Waals surface area contributed by atoms with Crippen LogP contribution in [-0.2, 0) is 6.42 Å². The summed E-state index contributed by atoms with van der Waals surface area (Å²) in [5.74, 6) is 1.25. The van der Waals surface area contributed by atoms with Crippen LogP contribution in [0.3, 0.4) is 0 Å². The molecule has 2 fully saturated rings. The Labute approximate surface area is 150 Å². The van der Waals surface area contributed by atoms with Gasteiger partial charge in [0, 0.05) is 51.7 Å². The number of piperidine rings is 1. The van der Waals surface area contributed by atoms with Gasteiger partial charge in [-0.1, -0.05) is 6.92 Å². The third kappa shape index (κ3) is 4.39. The Hall–Kier alpha value is -1.47. The number of rotatable bonds is 5. The molecule has 0 spiro atoms. The lowest BCUT2D eigenvalue weighted by Crippen LogP contribution is -2.52. The Morgan fingerprint density at radius 3 is 2.48 bits per heavy atom. The molecule has 7 nitrogen and oxygen atoms in total. The molecule has 2 saturated heterocycles. The van der Waals surface area contributed by atoms with Gasteiger partial charge in [-0.15, -0.1) is 10.2 Å². The predicted molar refractivity (Wildman–Crippen MR) is 95.5 cm³/mol. The van der Waals surface area contributed by atoms with Gasteiger partial charge in [0.25, 0.3) is 0 Å². The zero-order chi connectivity index (χ0) is 17.8. The third-order valence-electron chi connectivity index (χ3n) is 5.74. The molecule has 0 aliphatic carbocycles. The van der Waals surface area contributed by atoms with Crippen LogP contribution in [0.2, 0.25) is 0 Å². The summed E-state index contributed by atoms with van der Waals surface area (Å²) in [5.41, 5.74) is 0. The molecule has 3 heterocycles. The lowest BCUT2D eigenvalue weighted by atomic mass is 9.89. The third-order valence-corrected chi connectivity index (χ3v) is 5.74. The maximum atomic E-state index is 12.5. The Morgan fingerprint density at radius 2 is 1.84 bits per heavy atom. The minimum Gasteiger partial charge on any atom is -0.417 e. The van der Waals surface area contributed by atoms with Crippen molar-refractivity contribution in [1.29, 1.82) is 0 Å². The van der Waals surface area contributed by atoms with Crippen LogP contribution in [0.1, 0.15) is 49.7 Å². The first-order valence-corrected chi connectivity index (χ1v) is 9.62. The molecule has 2 aliphatic heterocycles. The van der Waals surface area contributed by atoms with E-state index in [0.29, 0.717) is 17.9 Å². The summed E-state index contributed by atoms with van der Waals surface area (Å²) in [7, 11) is 2.19. The van der Waals surface area contributed by atoms with Crippen molar-refractivity contribution in [2.45, 2.75) is 45.6 Å². The fourth-order valence-corrected chi connectivity index (χ4v) is 3.90. The normalized spacial score (nSPS) is 22.3. The molecule has 0 aromatic carbocycles. The van der Waals surface area contributed by atoms with Gasteiger partial charge in [-0.05, 0) is 39.2 Å². The summed E-state index contributed by atoms with van der Waals surface area (Å²) in [5, 5.41) is 7.88. The molecule has 1 atom stereocenters. The maximum absolute atomic E-state index is 12.5. The maximum Gasteiger partial charge on any atom is 0.311 e. The average molecular weight is 349 g/mol. The van der Waals surface area contributed by atoms with Gasteiger partial charge in [-0.25, -0.2) is 0 Å². The van der Waals surface area contributed by atoms with Gasteiger partial charge in [0.15, 0.2) is 0 Å². The van der Waals surface area contributed by atoms with Crippen molar-refractivity contribution in [3.63, 3.8) is 0 Å². The van der Waals surface area contributed by atoms with E-state index < -0.39 is 0 Å². The smallest absolute Gasteiger partial charge is 0.311 e. The topological polar surface area (TPSA) is 65.7 Å². The van der Waals surface area contributed by atoms with Crippen LogP contribution in [0.25, 0.3) is 0 Å². The minimum absolute atomic E-state index is 0.111. The number of likely N-dealkylation sites (N-methyl/N-ethyl adjacent to an activating group) is 1. The first-order chi connectivity index (χ1) is 12.1. The lowest BCUT2D eigenvalue weighted by Gasteiger charge is -2.42. The molecule has 3 rings (SSSR count). The fourth-order valence-electron chi connectivity index (χ4n) is 3.90. The number of aryl methyl sites for hydroxylation is 1. The highest BCUT2D eigenvalue weighted by Gasteiger charge is 2.32. The summed E-state index contributed by atoms with van der Waals surface area (Å²) < 4.78 is 5.49. The largest absolute Gasteiger partial charge is 0.417 e. The number of nitrogens with zero attached hydrogens (tertiary/aromatic N) is 5. The van der Waals surface area contributed by atoms with Gasteiger partial charge in [-0.2, -0.15) is 0 Å². The van der Waals surface area contributed by atoms with E-state index in [9.17, 15) is 4.79 Å². The van der Waals surface area contributed by atoms with E-state index in [2.05, 4.69) is 40.9 Å². The Bertz CT molecular complexity index is 560. The standard InChI is InChI=1S/C18H31N5O2/c1-4-5-16-19-20-17(25-16)18(24)23-8-6-15(7-9-23)14(2)22-12-10-21(3)11-13-22/h14-15H,4-13H2,1-3H3. The lowest BCUT2D eigenvalue weighted by molar-refractivity contribution is 0.0475. The van der Waals surface area contributed by atoms with Crippen LogP contribution in [0.5, 0.6) is 0 Å². The molecule has 7 heteroatoms. The van der Waals surface area contributed by atoms with E-state index in [1.807, 2.05) is 4.90 Å². The molecule has 0 radical (unpaired) electrons.